The molecule has 0 saturated carbocycles. The number of aliphatic carboxylic acids is 1. The van der Waals surface area contributed by atoms with Crippen LogP contribution in [0.5, 0.6) is 0 Å². The molecule has 11 nitrogen and oxygen atoms in total. The molecule has 0 aliphatic carbocycles. The third kappa shape index (κ3) is 6.46. The van der Waals surface area contributed by atoms with Gasteiger partial charge in [-0.3, -0.25) is 15.0 Å². The van der Waals surface area contributed by atoms with E-state index < -0.39 is 49.2 Å². The van der Waals surface area contributed by atoms with Crippen LogP contribution in [0, 0.1) is 10.1 Å². The summed E-state index contributed by atoms with van der Waals surface area (Å²) in [6.45, 7) is 5.37. The number of nitro groups is 1. The van der Waals surface area contributed by atoms with Gasteiger partial charge in [0.15, 0.2) is 4.90 Å². The average molecular weight is 417 g/mol. The molecule has 0 radical (unpaired) electrons. The van der Waals surface area contributed by atoms with E-state index in [1.54, 1.807) is 20.8 Å². The largest absolute Gasteiger partial charge is 0.480 e. The van der Waals surface area contributed by atoms with Crippen LogP contribution in [0.25, 0.3) is 0 Å². The zero-order valence-corrected chi connectivity index (χ0v) is 16.7. The lowest BCUT2D eigenvalue weighted by atomic mass is 10.2. The summed E-state index contributed by atoms with van der Waals surface area (Å²) in [5.74, 6) is -1.30. The lowest BCUT2D eigenvalue weighted by Gasteiger charge is -2.29. The van der Waals surface area contributed by atoms with Crippen LogP contribution in [-0.2, 0) is 19.6 Å². The van der Waals surface area contributed by atoms with Crippen molar-refractivity contribution in [1.82, 2.24) is 9.62 Å². The van der Waals surface area contributed by atoms with Crippen LogP contribution in [0.15, 0.2) is 29.2 Å². The van der Waals surface area contributed by atoms with E-state index in [4.69, 9.17) is 4.74 Å². The number of ether oxygens (including phenoxy) is 1. The number of nitro benzene ring substituents is 1. The molecule has 0 unspecified atom stereocenters. The van der Waals surface area contributed by atoms with Crippen molar-refractivity contribution >= 4 is 27.8 Å². The highest BCUT2D eigenvalue weighted by molar-refractivity contribution is 7.89. The lowest BCUT2D eigenvalue weighted by Crippen LogP contribution is -2.48. The van der Waals surface area contributed by atoms with Crippen LogP contribution < -0.4 is 4.72 Å². The maximum atomic E-state index is 12.4. The molecule has 0 spiro atoms. The molecular weight excluding hydrogens is 394 g/mol. The Hall–Kier alpha value is -2.73. The molecule has 0 saturated heterocycles. The van der Waals surface area contributed by atoms with Gasteiger partial charge in [0.1, 0.15) is 11.6 Å². The topological polar surface area (TPSA) is 156 Å². The number of hydrogen-bond donors (Lipinski definition) is 2. The molecule has 1 aromatic carbocycles. The number of amides is 1. The Morgan fingerprint density at radius 1 is 1.32 bits per heavy atom. The summed E-state index contributed by atoms with van der Waals surface area (Å²) in [5, 5.41) is 20.2. The minimum Gasteiger partial charge on any atom is -0.480 e. The first-order valence-electron chi connectivity index (χ1n) is 8.22. The highest BCUT2D eigenvalue weighted by Crippen LogP contribution is 2.22. The number of para-hydroxylation sites is 1. The van der Waals surface area contributed by atoms with Gasteiger partial charge >= 0.3 is 12.1 Å². The lowest BCUT2D eigenvalue weighted by molar-refractivity contribution is -0.387. The summed E-state index contributed by atoms with van der Waals surface area (Å²) < 4.78 is 32.0. The molecule has 1 rings (SSSR count). The highest BCUT2D eigenvalue weighted by atomic mass is 32.2. The molecule has 0 aliphatic heterocycles. The SMILES string of the molecule is C[C@@H](C(=O)O)N(CCNS(=O)(=O)c1ccccc1[N+](=O)[O-])C(=O)OC(C)(C)C. The van der Waals surface area contributed by atoms with E-state index in [-0.39, 0.29) is 13.1 Å². The molecule has 0 fully saturated rings. The second kappa shape index (κ2) is 8.97. The number of carboxylic acids is 1. The van der Waals surface area contributed by atoms with Crippen LogP contribution in [0.2, 0.25) is 0 Å². The maximum absolute atomic E-state index is 12.4. The molecular formula is C16H23N3O8S. The van der Waals surface area contributed by atoms with Crippen LogP contribution >= 0.6 is 0 Å². The number of carbonyl (C=O) groups is 2. The predicted octanol–water partition coefficient (Wildman–Crippen LogP) is 1.58. The van der Waals surface area contributed by atoms with Crippen molar-refractivity contribution < 1.29 is 32.8 Å². The zero-order valence-electron chi connectivity index (χ0n) is 15.9. The molecule has 156 valence electrons. The van der Waals surface area contributed by atoms with Crippen molar-refractivity contribution in [2.75, 3.05) is 13.1 Å². The van der Waals surface area contributed by atoms with Crippen LogP contribution in [0.4, 0.5) is 10.5 Å². The van der Waals surface area contributed by atoms with E-state index in [0.717, 1.165) is 17.0 Å². The van der Waals surface area contributed by atoms with E-state index in [1.165, 1.54) is 19.1 Å². The number of carbonyl (C=O) groups excluding carboxylic acids is 1. The van der Waals surface area contributed by atoms with Crippen molar-refractivity contribution in [3.05, 3.63) is 34.4 Å². The summed E-state index contributed by atoms with van der Waals surface area (Å²) in [7, 11) is -4.26. The second-order valence-corrected chi connectivity index (χ2v) is 8.55. The van der Waals surface area contributed by atoms with Crippen molar-refractivity contribution in [2.45, 2.75) is 44.2 Å². The summed E-state index contributed by atoms with van der Waals surface area (Å²) in [6.07, 6.45) is -0.924. The van der Waals surface area contributed by atoms with E-state index in [1.807, 2.05) is 0 Å². The van der Waals surface area contributed by atoms with Crippen LogP contribution in [-0.4, -0.2) is 60.1 Å². The standard InChI is InChI=1S/C16H23N3O8S/c1-11(14(20)21)18(15(22)27-16(2,3)4)10-9-17-28(25,26)13-8-6-5-7-12(13)19(23)24/h5-8,11,17H,9-10H2,1-4H3,(H,20,21)/t11-/m0/s1. The number of nitrogens with zero attached hydrogens (tertiary/aromatic N) is 2. The Kier molecular flexibility index (Phi) is 7.47. The molecule has 0 bridgehead atoms. The fourth-order valence-corrected chi connectivity index (χ4v) is 3.30. The minimum atomic E-state index is -4.26. The highest BCUT2D eigenvalue weighted by Gasteiger charge is 2.30. The van der Waals surface area contributed by atoms with Gasteiger partial charge in [0, 0.05) is 19.2 Å². The van der Waals surface area contributed by atoms with Gasteiger partial charge in [0.2, 0.25) is 10.0 Å². The van der Waals surface area contributed by atoms with Crippen molar-refractivity contribution in [1.29, 1.82) is 0 Å². The quantitative estimate of drug-likeness (QED) is 0.477. The second-order valence-electron chi connectivity index (χ2n) is 6.81. The van der Waals surface area contributed by atoms with Gasteiger partial charge in [-0.05, 0) is 33.8 Å². The average Bonchev–Trinajstić information content (AvgIpc) is 2.56. The van der Waals surface area contributed by atoms with E-state index in [0.29, 0.717) is 0 Å². The first-order chi connectivity index (χ1) is 12.8. The fourth-order valence-electron chi connectivity index (χ4n) is 2.11. The number of benzene rings is 1. The molecule has 0 heterocycles. The third-order valence-electron chi connectivity index (χ3n) is 3.45. The molecule has 28 heavy (non-hydrogen) atoms. The third-order valence-corrected chi connectivity index (χ3v) is 4.96. The van der Waals surface area contributed by atoms with E-state index in [2.05, 4.69) is 4.72 Å². The van der Waals surface area contributed by atoms with Gasteiger partial charge in [0.25, 0.3) is 5.69 Å². The summed E-state index contributed by atoms with van der Waals surface area (Å²) in [4.78, 5) is 34.0. The maximum Gasteiger partial charge on any atom is 0.411 e. The molecule has 0 aromatic heterocycles. The Bertz CT molecular complexity index is 848. The Labute approximate surface area is 162 Å². The van der Waals surface area contributed by atoms with Gasteiger partial charge in [-0.15, -0.1) is 0 Å². The van der Waals surface area contributed by atoms with E-state index >= 15 is 0 Å². The number of nitrogens with one attached hydrogen (secondary N) is 1. The van der Waals surface area contributed by atoms with Gasteiger partial charge in [0.05, 0.1) is 4.92 Å². The van der Waals surface area contributed by atoms with Gasteiger partial charge in [-0.25, -0.2) is 22.7 Å². The Morgan fingerprint density at radius 3 is 2.39 bits per heavy atom. The molecule has 1 amide bonds. The first-order valence-corrected chi connectivity index (χ1v) is 9.70. The predicted molar refractivity (Wildman–Crippen MR) is 98.3 cm³/mol. The van der Waals surface area contributed by atoms with Crippen molar-refractivity contribution in [3.8, 4) is 0 Å². The molecule has 2 N–H and O–H groups in total. The monoisotopic (exact) mass is 417 g/mol. The van der Waals surface area contributed by atoms with Crippen molar-refractivity contribution in [2.24, 2.45) is 0 Å². The van der Waals surface area contributed by atoms with Crippen LogP contribution in [0.1, 0.15) is 27.7 Å². The van der Waals surface area contributed by atoms with Crippen molar-refractivity contribution in [3.63, 3.8) is 0 Å². The van der Waals surface area contributed by atoms with E-state index in [9.17, 15) is 33.2 Å². The summed E-state index contributed by atoms with van der Waals surface area (Å²) in [6, 6.07) is 3.52. The van der Waals surface area contributed by atoms with Crippen LogP contribution in [0.3, 0.4) is 0 Å². The van der Waals surface area contributed by atoms with Gasteiger partial charge in [-0.2, -0.15) is 0 Å². The molecule has 0 aliphatic rings. The fraction of sp³-hybridized carbons (Fsp3) is 0.500. The normalized spacial score (nSPS) is 12.9. The van der Waals surface area contributed by atoms with Gasteiger partial charge in [-0.1, -0.05) is 12.1 Å². The molecule has 1 atom stereocenters. The molecule has 12 heteroatoms. The Balaban J connectivity index is 2.95. The number of carboxylic acid groups (broad SMARTS) is 1. The number of rotatable bonds is 8. The Morgan fingerprint density at radius 2 is 1.89 bits per heavy atom. The minimum absolute atomic E-state index is 0.317. The first kappa shape index (κ1) is 23.3. The number of hydrogen-bond acceptors (Lipinski definition) is 7. The smallest absolute Gasteiger partial charge is 0.411 e. The summed E-state index contributed by atoms with van der Waals surface area (Å²) >= 11 is 0. The zero-order chi connectivity index (χ0) is 21.7. The number of sulfonamides is 1. The summed E-state index contributed by atoms with van der Waals surface area (Å²) in [5.41, 5.74) is -1.48. The molecule has 1 aromatic rings. The van der Waals surface area contributed by atoms with Gasteiger partial charge < -0.3 is 9.84 Å².